The third-order valence-electron chi connectivity index (χ3n) is 4.69. The molecule has 0 aliphatic carbocycles. The van der Waals surface area contributed by atoms with Crippen molar-refractivity contribution < 1.29 is 23.4 Å². The molecular formula is C23H20O6. The number of hydrogen-bond acceptors (Lipinski definition) is 6. The number of carbonyl (C=O) groups excluding carboxylic acids is 1. The summed E-state index contributed by atoms with van der Waals surface area (Å²) in [7, 11) is 1.57. The van der Waals surface area contributed by atoms with Crippen LogP contribution in [0.1, 0.15) is 26.3 Å². The molecule has 0 unspecified atom stereocenters. The van der Waals surface area contributed by atoms with E-state index < -0.39 is 11.6 Å². The monoisotopic (exact) mass is 392 g/mol. The zero-order valence-corrected chi connectivity index (χ0v) is 16.6. The van der Waals surface area contributed by atoms with Crippen LogP contribution in [-0.4, -0.2) is 18.7 Å². The van der Waals surface area contributed by atoms with Crippen molar-refractivity contribution in [2.45, 2.75) is 26.4 Å². The van der Waals surface area contributed by atoms with E-state index in [2.05, 4.69) is 0 Å². The fourth-order valence-electron chi connectivity index (χ4n) is 3.31. The highest BCUT2D eigenvalue weighted by atomic mass is 16.5. The van der Waals surface area contributed by atoms with Crippen molar-refractivity contribution in [2.75, 3.05) is 7.11 Å². The van der Waals surface area contributed by atoms with E-state index in [1.165, 1.54) is 13.2 Å². The van der Waals surface area contributed by atoms with Crippen LogP contribution in [0, 0.1) is 0 Å². The lowest BCUT2D eigenvalue weighted by atomic mass is 9.98. The van der Waals surface area contributed by atoms with Gasteiger partial charge >= 0.3 is 5.97 Å². The Bertz CT molecular complexity index is 1200. The van der Waals surface area contributed by atoms with Crippen LogP contribution in [0.2, 0.25) is 0 Å². The van der Waals surface area contributed by atoms with E-state index in [0.29, 0.717) is 28.2 Å². The van der Waals surface area contributed by atoms with E-state index in [1.807, 2.05) is 19.9 Å². The van der Waals surface area contributed by atoms with Gasteiger partial charge in [-0.2, -0.15) is 0 Å². The lowest BCUT2D eigenvalue weighted by Gasteiger charge is -2.28. The normalized spacial score (nSPS) is 14.2. The zero-order valence-electron chi connectivity index (χ0n) is 16.6. The van der Waals surface area contributed by atoms with Gasteiger partial charge in [-0.3, -0.25) is 9.59 Å². The highest BCUT2D eigenvalue weighted by molar-refractivity contribution is 5.95. The average Bonchev–Trinajstić information content (AvgIpc) is 2.67. The number of esters is 1. The Morgan fingerprint density at radius 3 is 2.52 bits per heavy atom. The maximum Gasteiger partial charge on any atom is 0.308 e. The second-order valence-electron chi connectivity index (χ2n) is 7.33. The second kappa shape index (κ2) is 6.81. The molecule has 148 valence electrons. The van der Waals surface area contributed by atoms with Crippen LogP contribution in [0.15, 0.2) is 51.9 Å². The predicted molar refractivity (Wildman–Crippen MR) is 110 cm³/mol. The molecule has 0 saturated heterocycles. The topological polar surface area (TPSA) is 75.0 Å². The van der Waals surface area contributed by atoms with Crippen LogP contribution in [0.5, 0.6) is 17.2 Å². The molecule has 0 spiro atoms. The van der Waals surface area contributed by atoms with E-state index in [9.17, 15) is 9.59 Å². The van der Waals surface area contributed by atoms with Crippen molar-refractivity contribution in [3.63, 3.8) is 0 Å². The molecule has 2 heterocycles. The molecule has 3 aromatic rings. The van der Waals surface area contributed by atoms with E-state index >= 15 is 0 Å². The first-order valence-corrected chi connectivity index (χ1v) is 9.13. The van der Waals surface area contributed by atoms with Gasteiger partial charge < -0.3 is 18.6 Å². The molecule has 6 heteroatoms. The first kappa shape index (κ1) is 18.8. The molecule has 1 aromatic heterocycles. The summed E-state index contributed by atoms with van der Waals surface area (Å²) < 4.78 is 22.4. The van der Waals surface area contributed by atoms with Crippen LogP contribution in [0.4, 0.5) is 0 Å². The summed E-state index contributed by atoms with van der Waals surface area (Å²) in [5, 5.41) is 0.195. The number of ether oxygens (including phenoxy) is 3. The van der Waals surface area contributed by atoms with E-state index in [1.54, 1.807) is 43.5 Å². The molecule has 0 N–H and O–H groups in total. The minimum atomic E-state index is -0.535. The van der Waals surface area contributed by atoms with Gasteiger partial charge in [-0.1, -0.05) is 12.1 Å². The molecule has 0 atom stereocenters. The summed E-state index contributed by atoms with van der Waals surface area (Å²) in [6.07, 6.45) is 5.05. The average molecular weight is 392 g/mol. The smallest absolute Gasteiger partial charge is 0.308 e. The molecule has 29 heavy (non-hydrogen) atoms. The highest BCUT2D eigenvalue weighted by Gasteiger charge is 2.28. The summed E-state index contributed by atoms with van der Waals surface area (Å²) >= 11 is 0. The Hall–Kier alpha value is -3.54. The lowest BCUT2D eigenvalue weighted by Crippen LogP contribution is -2.28. The van der Waals surface area contributed by atoms with Gasteiger partial charge in [-0.25, -0.2) is 0 Å². The van der Waals surface area contributed by atoms with Gasteiger partial charge in [0.05, 0.1) is 18.2 Å². The Labute approximate surface area is 167 Å². The van der Waals surface area contributed by atoms with Crippen LogP contribution in [0.3, 0.4) is 0 Å². The quantitative estimate of drug-likeness (QED) is 0.480. The highest BCUT2D eigenvalue weighted by Crippen LogP contribution is 2.42. The first-order chi connectivity index (χ1) is 13.8. The van der Waals surface area contributed by atoms with Crippen molar-refractivity contribution in [3.8, 4) is 28.4 Å². The SMILES string of the molecule is COc1ccc(-c2coc3cc4c(c(OC(C)=O)c3c2=O)C=CC(C)(C)O4)cc1. The number of fused-ring (bicyclic) bond motifs is 2. The number of rotatable bonds is 3. The number of hydrogen-bond donors (Lipinski definition) is 0. The van der Waals surface area contributed by atoms with Crippen LogP contribution >= 0.6 is 0 Å². The first-order valence-electron chi connectivity index (χ1n) is 9.13. The van der Waals surface area contributed by atoms with Gasteiger partial charge in [0.25, 0.3) is 0 Å². The molecule has 0 saturated carbocycles. The predicted octanol–water partition coefficient (Wildman–Crippen LogP) is 4.58. The fourth-order valence-corrected chi connectivity index (χ4v) is 3.31. The summed E-state index contributed by atoms with van der Waals surface area (Å²) in [5.74, 6) is 0.771. The second-order valence-corrected chi connectivity index (χ2v) is 7.33. The lowest BCUT2D eigenvalue weighted by molar-refractivity contribution is -0.131. The summed E-state index contributed by atoms with van der Waals surface area (Å²) in [5.41, 5.74) is 1.01. The molecule has 1 aliphatic rings. The van der Waals surface area contributed by atoms with Crippen LogP contribution in [-0.2, 0) is 4.79 Å². The summed E-state index contributed by atoms with van der Waals surface area (Å²) in [6.45, 7) is 5.10. The van der Waals surface area contributed by atoms with Crippen LogP contribution in [0.25, 0.3) is 28.2 Å². The number of benzene rings is 2. The minimum absolute atomic E-state index is 0.140. The van der Waals surface area contributed by atoms with Gasteiger partial charge in [0.2, 0.25) is 5.43 Å². The molecule has 0 amide bonds. The van der Waals surface area contributed by atoms with Crippen molar-refractivity contribution in [1.82, 2.24) is 0 Å². The molecule has 1 aliphatic heterocycles. The molecule has 4 rings (SSSR count). The Kier molecular flexibility index (Phi) is 4.42. The van der Waals surface area contributed by atoms with Gasteiger partial charge in [0.1, 0.15) is 34.3 Å². The summed E-state index contributed by atoms with van der Waals surface area (Å²) in [4.78, 5) is 25.1. The molecule has 0 radical (unpaired) electrons. The van der Waals surface area contributed by atoms with Crippen LogP contribution < -0.4 is 19.6 Å². The Balaban J connectivity index is 1.99. The van der Waals surface area contributed by atoms with Crippen molar-refractivity contribution >= 4 is 23.0 Å². The van der Waals surface area contributed by atoms with Gasteiger partial charge in [-0.05, 0) is 43.7 Å². The number of carbonyl (C=O) groups is 1. The van der Waals surface area contributed by atoms with E-state index in [-0.39, 0.29) is 22.1 Å². The minimum Gasteiger partial charge on any atom is -0.497 e. The molecule has 6 nitrogen and oxygen atoms in total. The molecular weight excluding hydrogens is 372 g/mol. The Morgan fingerprint density at radius 1 is 1.14 bits per heavy atom. The maximum atomic E-state index is 13.4. The van der Waals surface area contributed by atoms with Gasteiger partial charge in [-0.15, -0.1) is 0 Å². The zero-order chi connectivity index (χ0) is 20.8. The van der Waals surface area contributed by atoms with Gasteiger partial charge in [0.15, 0.2) is 5.75 Å². The molecule has 2 aromatic carbocycles. The molecule has 0 fully saturated rings. The fraction of sp³-hybridized carbons (Fsp3) is 0.217. The van der Waals surface area contributed by atoms with Gasteiger partial charge in [0, 0.05) is 13.0 Å². The third-order valence-corrected chi connectivity index (χ3v) is 4.69. The summed E-state index contributed by atoms with van der Waals surface area (Å²) in [6, 6.07) is 8.72. The van der Waals surface area contributed by atoms with Crippen molar-refractivity contribution in [1.29, 1.82) is 0 Å². The number of methoxy groups -OCH3 is 1. The van der Waals surface area contributed by atoms with Crippen molar-refractivity contribution in [2.24, 2.45) is 0 Å². The maximum absolute atomic E-state index is 13.4. The van der Waals surface area contributed by atoms with E-state index in [4.69, 9.17) is 18.6 Å². The van der Waals surface area contributed by atoms with Crippen molar-refractivity contribution in [3.05, 3.63) is 58.5 Å². The van der Waals surface area contributed by atoms with E-state index in [0.717, 1.165) is 0 Å². The molecule has 0 bridgehead atoms. The Morgan fingerprint density at radius 2 is 1.86 bits per heavy atom. The third kappa shape index (κ3) is 3.38. The standard InChI is InChI=1S/C23H20O6/c1-13(24)28-22-16-9-10-23(2,3)29-18(16)11-19-20(22)21(25)17(12-27-19)14-5-7-15(26-4)8-6-14/h5-12H,1-4H3. The largest absolute Gasteiger partial charge is 0.497 e.